The van der Waals surface area contributed by atoms with Gasteiger partial charge in [-0.3, -0.25) is 4.79 Å². The molecule has 2 N–H and O–H groups in total. The number of hydrogen-bond acceptors (Lipinski definition) is 3. The number of imidazole rings is 1. The molecule has 1 fully saturated rings. The zero-order chi connectivity index (χ0) is 22.9. The lowest BCUT2D eigenvalue weighted by Gasteiger charge is -2.25. The first kappa shape index (κ1) is 21.9. The number of amides is 3. The van der Waals surface area contributed by atoms with E-state index in [1.165, 1.54) is 0 Å². The molecule has 0 spiro atoms. The quantitative estimate of drug-likeness (QED) is 0.611. The van der Waals surface area contributed by atoms with E-state index >= 15 is 0 Å². The molecule has 7 heteroatoms. The van der Waals surface area contributed by atoms with Crippen LogP contribution in [0.1, 0.15) is 62.8 Å². The third kappa shape index (κ3) is 4.47. The number of likely N-dealkylation sites (tertiary alicyclic amines) is 1. The van der Waals surface area contributed by atoms with Crippen molar-refractivity contribution in [2.24, 2.45) is 0 Å². The first-order valence-electron chi connectivity index (χ1n) is 11.2. The van der Waals surface area contributed by atoms with Crippen LogP contribution in [0.2, 0.25) is 0 Å². The monoisotopic (exact) mass is 433 g/mol. The molecule has 2 heterocycles. The van der Waals surface area contributed by atoms with E-state index in [1.54, 1.807) is 24.3 Å². The van der Waals surface area contributed by atoms with Gasteiger partial charge in [-0.25, -0.2) is 9.78 Å². The molecular weight excluding hydrogens is 402 g/mol. The van der Waals surface area contributed by atoms with Crippen molar-refractivity contribution >= 4 is 28.7 Å². The number of nitrogens with zero attached hydrogens (tertiary/aromatic N) is 3. The summed E-state index contributed by atoms with van der Waals surface area (Å²) in [7, 11) is 0. The van der Waals surface area contributed by atoms with Crippen molar-refractivity contribution in [1.29, 1.82) is 0 Å². The Morgan fingerprint density at radius 3 is 2.50 bits per heavy atom. The SMILES string of the molecule is CCn1c(C2CCCN2C(=O)Nc2ccc(C(=O)NC(C)(C)C)cc2)nc2ccccc21. The Morgan fingerprint density at radius 1 is 1.09 bits per heavy atom. The highest BCUT2D eigenvalue weighted by Crippen LogP contribution is 2.34. The average Bonchev–Trinajstić information content (AvgIpc) is 3.37. The minimum absolute atomic E-state index is 0.0563. The van der Waals surface area contributed by atoms with Gasteiger partial charge in [0.1, 0.15) is 5.82 Å². The molecule has 0 aliphatic carbocycles. The lowest BCUT2D eigenvalue weighted by molar-refractivity contribution is 0.0919. The molecule has 3 aromatic rings. The lowest BCUT2D eigenvalue weighted by atomic mass is 10.1. The number of aryl methyl sites for hydroxylation is 1. The van der Waals surface area contributed by atoms with Gasteiger partial charge in [0, 0.05) is 29.9 Å². The van der Waals surface area contributed by atoms with Crippen molar-refractivity contribution in [2.45, 2.75) is 58.7 Å². The molecule has 0 radical (unpaired) electrons. The number of hydrogen-bond donors (Lipinski definition) is 2. The van der Waals surface area contributed by atoms with Crippen LogP contribution in [0.3, 0.4) is 0 Å². The third-order valence-corrected chi connectivity index (χ3v) is 5.70. The molecule has 168 valence electrons. The Hall–Kier alpha value is -3.35. The van der Waals surface area contributed by atoms with Gasteiger partial charge < -0.3 is 20.1 Å². The van der Waals surface area contributed by atoms with E-state index in [2.05, 4.69) is 28.2 Å². The van der Waals surface area contributed by atoms with E-state index in [-0.39, 0.29) is 23.5 Å². The summed E-state index contributed by atoms with van der Waals surface area (Å²) >= 11 is 0. The molecule has 2 aromatic carbocycles. The third-order valence-electron chi connectivity index (χ3n) is 5.70. The van der Waals surface area contributed by atoms with Crippen molar-refractivity contribution in [2.75, 3.05) is 11.9 Å². The highest BCUT2D eigenvalue weighted by Gasteiger charge is 2.33. The van der Waals surface area contributed by atoms with Crippen molar-refractivity contribution in [3.63, 3.8) is 0 Å². The number of urea groups is 1. The summed E-state index contributed by atoms with van der Waals surface area (Å²) in [5, 5.41) is 5.93. The number of anilines is 1. The summed E-state index contributed by atoms with van der Waals surface area (Å²) in [4.78, 5) is 32.2. The van der Waals surface area contributed by atoms with Gasteiger partial charge in [0.05, 0.1) is 17.1 Å². The molecule has 32 heavy (non-hydrogen) atoms. The maximum absolute atomic E-state index is 13.1. The summed E-state index contributed by atoms with van der Waals surface area (Å²) in [5.41, 5.74) is 2.98. The molecule has 1 aliphatic heterocycles. The predicted octanol–water partition coefficient (Wildman–Crippen LogP) is 4.95. The standard InChI is InChI=1S/C25H31N5O2/c1-5-29-20-10-7-6-9-19(20)27-22(29)21-11-8-16-30(21)24(32)26-18-14-12-17(13-15-18)23(31)28-25(2,3)4/h6-7,9-10,12-15,21H,5,8,11,16H2,1-4H3,(H,26,32)(H,28,31). The fourth-order valence-corrected chi connectivity index (χ4v) is 4.27. The van der Waals surface area contributed by atoms with Crippen LogP contribution in [0, 0.1) is 0 Å². The normalized spacial score (nSPS) is 16.4. The van der Waals surface area contributed by atoms with Gasteiger partial charge in [-0.05, 0) is 76.9 Å². The van der Waals surface area contributed by atoms with E-state index in [9.17, 15) is 9.59 Å². The number of benzene rings is 2. The molecule has 0 bridgehead atoms. The summed E-state index contributed by atoms with van der Waals surface area (Å²) in [5.74, 6) is 0.809. The first-order chi connectivity index (χ1) is 15.3. The van der Waals surface area contributed by atoms with Crippen molar-refractivity contribution in [3.05, 3.63) is 59.9 Å². The first-order valence-corrected chi connectivity index (χ1v) is 11.2. The lowest BCUT2D eigenvalue weighted by Crippen LogP contribution is -2.40. The Labute approximate surface area is 188 Å². The number of carbonyl (C=O) groups excluding carboxylic acids is 2. The zero-order valence-electron chi connectivity index (χ0n) is 19.2. The number of aromatic nitrogens is 2. The summed E-state index contributed by atoms with van der Waals surface area (Å²) < 4.78 is 2.20. The number of rotatable bonds is 4. The van der Waals surface area contributed by atoms with Crippen LogP contribution < -0.4 is 10.6 Å². The van der Waals surface area contributed by atoms with Crippen LogP contribution in [-0.4, -0.2) is 38.5 Å². The second-order valence-electron chi connectivity index (χ2n) is 9.27. The number of nitrogens with one attached hydrogen (secondary N) is 2. The summed E-state index contributed by atoms with van der Waals surface area (Å²) in [6.45, 7) is 9.43. The van der Waals surface area contributed by atoms with Crippen molar-refractivity contribution in [3.8, 4) is 0 Å². The molecule has 4 rings (SSSR count). The highest BCUT2D eigenvalue weighted by atomic mass is 16.2. The van der Waals surface area contributed by atoms with Crippen molar-refractivity contribution in [1.82, 2.24) is 19.8 Å². The summed E-state index contributed by atoms with van der Waals surface area (Å²) in [6.07, 6.45) is 1.83. The van der Waals surface area contributed by atoms with Crippen molar-refractivity contribution < 1.29 is 9.59 Å². The van der Waals surface area contributed by atoms with Crippen LogP contribution in [0.4, 0.5) is 10.5 Å². The Morgan fingerprint density at radius 2 is 1.81 bits per heavy atom. The number of para-hydroxylation sites is 2. The van der Waals surface area contributed by atoms with E-state index in [4.69, 9.17) is 4.98 Å². The van der Waals surface area contributed by atoms with Crippen LogP contribution >= 0.6 is 0 Å². The Bertz CT molecular complexity index is 1130. The smallest absolute Gasteiger partial charge is 0.322 e. The van der Waals surface area contributed by atoms with Gasteiger partial charge in [-0.15, -0.1) is 0 Å². The van der Waals surface area contributed by atoms with Gasteiger partial charge in [0.2, 0.25) is 0 Å². The topological polar surface area (TPSA) is 79.3 Å². The van der Waals surface area contributed by atoms with Gasteiger partial charge >= 0.3 is 6.03 Å². The zero-order valence-corrected chi connectivity index (χ0v) is 19.2. The van der Waals surface area contributed by atoms with Crippen LogP contribution in [-0.2, 0) is 6.54 Å². The molecule has 1 saturated heterocycles. The van der Waals surface area contributed by atoms with E-state index in [0.717, 1.165) is 36.2 Å². The fraction of sp³-hybridized carbons (Fsp3) is 0.400. The minimum atomic E-state index is -0.302. The maximum atomic E-state index is 13.1. The van der Waals surface area contributed by atoms with Gasteiger partial charge in [-0.1, -0.05) is 12.1 Å². The maximum Gasteiger partial charge on any atom is 0.322 e. The van der Waals surface area contributed by atoms with Crippen LogP contribution in [0.25, 0.3) is 11.0 Å². The summed E-state index contributed by atoms with van der Waals surface area (Å²) in [6, 6.07) is 14.9. The molecule has 3 amide bonds. The molecular formula is C25H31N5O2. The highest BCUT2D eigenvalue weighted by molar-refractivity contribution is 5.96. The number of carbonyl (C=O) groups is 2. The second-order valence-corrected chi connectivity index (χ2v) is 9.27. The van der Waals surface area contributed by atoms with Gasteiger partial charge in [0.25, 0.3) is 5.91 Å². The van der Waals surface area contributed by atoms with Crippen LogP contribution in [0.15, 0.2) is 48.5 Å². The Kier molecular flexibility index (Phi) is 5.91. The Balaban J connectivity index is 1.50. The number of fused-ring (bicyclic) bond motifs is 1. The fourth-order valence-electron chi connectivity index (χ4n) is 4.27. The van der Waals surface area contributed by atoms with Gasteiger partial charge in [0.15, 0.2) is 0 Å². The molecule has 1 atom stereocenters. The van der Waals surface area contributed by atoms with E-state index in [0.29, 0.717) is 17.8 Å². The largest absolute Gasteiger partial charge is 0.347 e. The van der Waals surface area contributed by atoms with Gasteiger partial charge in [-0.2, -0.15) is 0 Å². The average molecular weight is 434 g/mol. The van der Waals surface area contributed by atoms with E-state index in [1.807, 2.05) is 43.9 Å². The molecule has 1 aliphatic rings. The second kappa shape index (κ2) is 8.65. The molecule has 1 unspecified atom stereocenters. The molecule has 0 saturated carbocycles. The molecule has 1 aromatic heterocycles. The molecule has 7 nitrogen and oxygen atoms in total. The van der Waals surface area contributed by atoms with Crippen LogP contribution in [0.5, 0.6) is 0 Å². The minimum Gasteiger partial charge on any atom is -0.347 e. The predicted molar refractivity (Wildman–Crippen MR) is 127 cm³/mol. The van der Waals surface area contributed by atoms with E-state index < -0.39 is 0 Å².